The highest BCUT2D eigenvalue weighted by Gasteiger charge is 2.56. The van der Waals surface area contributed by atoms with Crippen LogP contribution < -0.4 is 21.1 Å². The molecule has 1 aromatic carbocycles. The van der Waals surface area contributed by atoms with Crippen LogP contribution in [0.5, 0.6) is 5.75 Å². The maximum absolute atomic E-state index is 13.1. The van der Waals surface area contributed by atoms with Crippen molar-refractivity contribution in [3.63, 3.8) is 0 Å². The standard InChI is InChI=1S/C63H101N3O43/c1-63(2)27(65-54(53(63)93)66-28(68)8-64)7-17-3-5-18(6-4-17)101-62-52(92)44(84)36(76)26(109-62)16-100-61-51(91)43(83)35(75)25(108-61)15-99-60-50(90)42(82)34(74)24(107-60)14-98-59-49(89)41(81)33(73)23(106-59)13-97-58-48(88)40(80)32(72)22(105-58)12-96-57-47(87)39(79)31(71)21(104-57)11-95-56-46(86)38(78)30(70)20(103-56)10-94-55-45(85)37(77)29(69)19(9-67)102-55/h3-6,19-27,29-52,54-62,65,67,69-92H,7-16,64H2,1-2H3,(H,66,68)/t19?,20?,21?,22?,23?,24?,25?,26?,27?,29-,30?,31-,32?,33?,34?,35-,36?,37?,38?,39?,40?,41?,42?,43?,44?,45?,46?,47?,48?,49?,50?,51-,52?,54?,55?,56?,57?,58?,59?,60?,61?,62?/m1/s1. The minimum absolute atomic E-state index is 0.123. The van der Waals surface area contributed by atoms with E-state index >= 15 is 0 Å². The number of aliphatic hydroxyl groups is 25. The largest absolute Gasteiger partial charge is 0.462 e. The molecule has 9 aliphatic heterocycles. The van der Waals surface area contributed by atoms with Gasteiger partial charge in [0.25, 0.3) is 0 Å². The van der Waals surface area contributed by atoms with Crippen molar-refractivity contribution in [2.45, 2.75) is 278 Å². The number of nitrogens with two attached hydrogens (primary N) is 1. The Bertz CT molecular complexity index is 3020. The van der Waals surface area contributed by atoms with Gasteiger partial charge in [-0.2, -0.15) is 0 Å². The highest BCUT2D eigenvalue weighted by atomic mass is 16.8. The van der Waals surface area contributed by atoms with E-state index in [4.69, 9.17) is 81.5 Å². The van der Waals surface area contributed by atoms with Gasteiger partial charge in [-0.1, -0.05) is 26.0 Å². The molecular formula is C63H101N3O43. The fourth-order valence-corrected chi connectivity index (χ4v) is 13.6. The van der Waals surface area contributed by atoms with E-state index in [1.165, 1.54) is 12.1 Å². The molecule has 46 heteroatoms. The zero-order valence-electron chi connectivity index (χ0n) is 58.2. The number of aliphatic hydroxyl groups excluding tert-OH is 25. The van der Waals surface area contributed by atoms with Crippen molar-refractivity contribution in [3.8, 4) is 5.75 Å². The van der Waals surface area contributed by atoms with Gasteiger partial charge in [0.1, 0.15) is 207 Å². The van der Waals surface area contributed by atoms with Crippen LogP contribution in [0.4, 0.5) is 0 Å². The van der Waals surface area contributed by atoms with Crippen LogP contribution in [0.3, 0.4) is 0 Å². The van der Waals surface area contributed by atoms with Gasteiger partial charge in [-0.25, -0.2) is 0 Å². The molecule has 1 amide bonds. The lowest BCUT2D eigenvalue weighted by Crippen LogP contribution is -2.63. The van der Waals surface area contributed by atoms with Gasteiger partial charge in [0.15, 0.2) is 49.8 Å². The Morgan fingerprint density at radius 3 is 0.844 bits per heavy atom. The number of hydrogen-bond acceptors (Lipinski definition) is 45. The molecule has 9 heterocycles. The van der Waals surface area contributed by atoms with E-state index < -0.39 is 322 Å². The predicted molar refractivity (Wildman–Crippen MR) is 340 cm³/mol. The molecule has 9 saturated heterocycles. The molecule has 9 fully saturated rings. The SMILES string of the molecule is CC1(C)C(=O)C(NC(=O)CN)NC1Cc1ccc(OC2OC(COC3OC(COC4OC(COC5OC(COC6OC(COC7OC(COC8OC(COC9OC(CO)[C@@H](O)C(O)C9O)C(O)C(O)C8O)[C@@H](O)C(O)C7O)C(O)C(O)C6O)C(O)C(O)C5O)C(O)C(O)C4O)[C@@H](O)C(O)[C@H]3O)C(O)C(O)C2O)cc1. The highest BCUT2D eigenvalue weighted by Crippen LogP contribution is 2.36. The maximum Gasteiger partial charge on any atom is 0.235 e. The number of Topliss-reactive ketones (excluding diaryl/α,β-unsaturated/α-hetero) is 1. The van der Waals surface area contributed by atoms with E-state index in [1.807, 2.05) is 0 Å². The Balaban J connectivity index is 0.680. The number of ketones is 1. The average Bonchev–Trinajstić information content (AvgIpc) is 1.64. The second-order valence-corrected chi connectivity index (χ2v) is 28.6. The van der Waals surface area contributed by atoms with Gasteiger partial charge < -0.3 is 215 Å². The second kappa shape index (κ2) is 37.6. The van der Waals surface area contributed by atoms with Crippen molar-refractivity contribution in [2.24, 2.45) is 11.1 Å². The summed E-state index contributed by atoms with van der Waals surface area (Å²) >= 11 is 0. The van der Waals surface area contributed by atoms with Crippen LogP contribution in [0.15, 0.2) is 24.3 Å². The summed E-state index contributed by atoms with van der Waals surface area (Å²) in [5.41, 5.74) is 5.25. The third-order valence-corrected chi connectivity index (χ3v) is 20.7. The summed E-state index contributed by atoms with van der Waals surface area (Å²) in [5, 5.41) is 274. The predicted octanol–water partition coefficient (Wildman–Crippen LogP) is -17.9. The van der Waals surface area contributed by atoms with E-state index in [0.29, 0.717) is 6.42 Å². The zero-order valence-corrected chi connectivity index (χ0v) is 58.2. The summed E-state index contributed by atoms with van der Waals surface area (Å²) in [6.45, 7) is -3.43. The quantitative estimate of drug-likeness (QED) is 0.0370. The zero-order chi connectivity index (χ0) is 79.7. The van der Waals surface area contributed by atoms with Crippen LogP contribution >= 0.6 is 0 Å². The molecule has 42 atom stereocenters. The molecule has 38 unspecified atom stereocenters. The van der Waals surface area contributed by atoms with E-state index in [9.17, 15) is 137 Å². The minimum Gasteiger partial charge on any atom is -0.462 e. The molecule has 0 saturated carbocycles. The number of nitrogens with one attached hydrogen (secondary N) is 2. The first-order valence-corrected chi connectivity index (χ1v) is 35.0. The lowest BCUT2D eigenvalue weighted by atomic mass is 9.80. The van der Waals surface area contributed by atoms with Crippen LogP contribution in [-0.4, -0.2) is 457 Å². The number of carbonyl (C=O) groups is 2. The van der Waals surface area contributed by atoms with Gasteiger partial charge in [0, 0.05) is 11.5 Å². The van der Waals surface area contributed by atoms with E-state index in [0.717, 1.165) is 5.56 Å². The molecule has 626 valence electrons. The van der Waals surface area contributed by atoms with Gasteiger partial charge in [-0.3, -0.25) is 14.9 Å². The van der Waals surface area contributed by atoms with E-state index in [-0.39, 0.29) is 18.1 Å². The Morgan fingerprint density at radius 2 is 0.596 bits per heavy atom. The van der Waals surface area contributed by atoms with Gasteiger partial charge in [-0.15, -0.1) is 0 Å². The van der Waals surface area contributed by atoms with Crippen LogP contribution in [0.2, 0.25) is 0 Å². The number of hydrogen-bond donors (Lipinski definition) is 28. The number of benzene rings is 1. The maximum atomic E-state index is 13.1. The minimum atomic E-state index is -2.11. The molecule has 46 nitrogen and oxygen atoms in total. The second-order valence-electron chi connectivity index (χ2n) is 28.6. The number of rotatable bonds is 28. The lowest BCUT2D eigenvalue weighted by molar-refractivity contribution is -0.354. The van der Waals surface area contributed by atoms with Gasteiger partial charge in [0.2, 0.25) is 12.2 Å². The van der Waals surface area contributed by atoms with Crippen molar-refractivity contribution in [3.05, 3.63) is 29.8 Å². The normalized spacial score (nSPS) is 48.4. The molecule has 0 spiro atoms. The summed E-state index contributed by atoms with van der Waals surface area (Å²) in [6.07, 6.45) is -76.1. The van der Waals surface area contributed by atoms with Crippen molar-refractivity contribution in [2.75, 3.05) is 59.4 Å². The number of ether oxygens (including phenoxy) is 16. The Labute approximate surface area is 618 Å². The molecule has 0 aliphatic carbocycles. The smallest absolute Gasteiger partial charge is 0.235 e. The number of carbonyl (C=O) groups excluding carboxylic acids is 2. The van der Waals surface area contributed by atoms with Crippen LogP contribution in [0, 0.1) is 5.41 Å². The molecule has 109 heavy (non-hydrogen) atoms. The van der Waals surface area contributed by atoms with Gasteiger partial charge in [-0.05, 0) is 24.1 Å². The van der Waals surface area contributed by atoms with E-state index in [1.54, 1.807) is 26.0 Å². The Morgan fingerprint density at radius 1 is 0.367 bits per heavy atom. The molecule has 0 aromatic heterocycles. The summed E-state index contributed by atoms with van der Waals surface area (Å²) < 4.78 is 89.9. The molecular weight excluding hydrogens is 1490 g/mol. The first-order valence-electron chi connectivity index (χ1n) is 35.0. The van der Waals surface area contributed by atoms with Gasteiger partial charge >= 0.3 is 0 Å². The summed E-state index contributed by atoms with van der Waals surface area (Å²) in [7, 11) is 0. The molecule has 29 N–H and O–H groups in total. The summed E-state index contributed by atoms with van der Waals surface area (Å²) in [6, 6.07) is 5.93. The highest BCUT2D eigenvalue weighted by molar-refractivity contribution is 5.95. The fourth-order valence-electron chi connectivity index (χ4n) is 13.6. The topological polar surface area (TPSA) is 738 Å². The van der Waals surface area contributed by atoms with Crippen molar-refractivity contribution >= 4 is 11.7 Å². The molecule has 0 radical (unpaired) electrons. The molecule has 0 bridgehead atoms. The molecule has 1 aromatic rings. The first-order chi connectivity index (χ1) is 51.5. The fraction of sp³-hybridized carbons (Fsp3) is 0.873. The average molecular weight is 1590 g/mol. The van der Waals surface area contributed by atoms with Crippen molar-refractivity contribution < 1.29 is 213 Å². The summed E-state index contributed by atoms with van der Waals surface area (Å²) in [4.78, 5) is 25.0. The van der Waals surface area contributed by atoms with E-state index in [2.05, 4.69) is 10.6 Å². The molecule has 9 aliphatic rings. The van der Waals surface area contributed by atoms with Gasteiger partial charge in [0.05, 0.1) is 59.4 Å². The van der Waals surface area contributed by atoms with Crippen LogP contribution in [0.25, 0.3) is 0 Å². The third-order valence-electron chi connectivity index (χ3n) is 20.7. The Kier molecular flexibility index (Phi) is 30.3. The first kappa shape index (κ1) is 87.9. The molecule has 10 rings (SSSR count). The third kappa shape index (κ3) is 19.5. The van der Waals surface area contributed by atoms with Crippen molar-refractivity contribution in [1.29, 1.82) is 0 Å². The monoisotopic (exact) mass is 1590 g/mol. The Hall–Kier alpha value is -3.52. The van der Waals surface area contributed by atoms with Crippen LogP contribution in [-0.2, 0) is 87.1 Å². The van der Waals surface area contributed by atoms with Crippen molar-refractivity contribution in [1.82, 2.24) is 10.6 Å². The van der Waals surface area contributed by atoms with Crippen LogP contribution in [0.1, 0.15) is 19.4 Å². The lowest BCUT2D eigenvalue weighted by Gasteiger charge is -2.45. The number of amides is 1. The summed E-state index contributed by atoms with van der Waals surface area (Å²) in [5.74, 6) is -0.633.